The van der Waals surface area contributed by atoms with Gasteiger partial charge in [-0.3, -0.25) is 9.78 Å². The average Bonchev–Trinajstić information content (AvgIpc) is 3.09. The Balaban J connectivity index is 1.74. The first-order valence-electron chi connectivity index (χ1n) is 6.81. The van der Waals surface area contributed by atoms with E-state index < -0.39 is 0 Å². The van der Waals surface area contributed by atoms with Crippen LogP contribution in [0.2, 0.25) is 5.02 Å². The van der Waals surface area contributed by atoms with Gasteiger partial charge in [0, 0.05) is 22.8 Å². The molecule has 1 amide bonds. The molecule has 3 aromatic rings. The number of methoxy groups -OCH3 is 1. The van der Waals surface area contributed by atoms with Crippen molar-refractivity contribution in [1.29, 1.82) is 0 Å². The Morgan fingerprint density at radius 2 is 2.13 bits per heavy atom. The molecule has 0 fully saturated rings. The summed E-state index contributed by atoms with van der Waals surface area (Å²) in [7, 11) is 1.54. The SMILES string of the molecule is COc1ccc(NC(=O)c2ccc(-c3ccsc3)nc2)cc1Cl. The van der Waals surface area contributed by atoms with Gasteiger partial charge >= 0.3 is 0 Å². The van der Waals surface area contributed by atoms with Crippen LogP contribution in [0.25, 0.3) is 11.3 Å². The van der Waals surface area contributed by atoms with Gasteiger partial charge in [-0.15, -0.1) is 0 Å². The van der Waals surface area contributed by atoms with Crippen molar-refractivity contribution in [3.05, 3.63) is 63.9 Å². The molecule has 0 aliphatic rings. The summed E-state index contributed by atoms with van der Waals surface area (Å²) in [5.74, 6) is 0.321. The summed E-state index contributed by atoms with van der Waals surface area (Å²) in [4.78, 5) is 16.6. The van der Waals surface area contributed by atoms with E-state index in [1.165, 1.54) is 0 Å². The molecule has 0 saturated heterocycles. The number of amides is 1. The number of ether oxygens (including phenoxy) is 1. The third-order valence-corrected chi connectivity index (χ3v) is 4.23. The van der Waals surface area contributed by atoms with Gasteiger partial charge in [-0.25, -0.2) is 0 Å². The molecule has 6 heteroatoms. The largest absolute Gasteiger partial charge is 0.495 e. The minimum absolute atomic E-state index is 0.240. The number of thiophene rings is 1. The van der Waals surface area contributed by atoms with Crippen LogP contribution in [0.15, 0.2) is 53.4 Å². The van der Waals surface area contributed by atoms with Crippen LogP contribution in [-0.2, 0) is 0 Å². The number of halogens is 1. The van der Waals surface area contributed by atoms with Crippen molar-refractivity contribution in [2.45, 2.75) is 0 Å². The maximum atomic E-state index is 12.3. The predicted molar refractivity (Wildman–Crippen MR) is 93.5 cm³/mol. The molecule has 23 heavy (non-hydrogen) atoms. The molecule has 4 nitrogen and oxygen atoms in total. The number of hydrogen-bond acceptors (Lipinski definition) is 4. The fraction of sp³-hybridized carbons (Fsp3) is 0.0588. The van der Waals surface area contributed by atoms with E-state index in [0.717, 1.165) is 11.3 Å². The van der Waals surface area contributed by atoms with E-state index in [1.807, 2.05) is 22.9 Å². The second kappa shape index (κ2) is 6.81. The maximum absolute atomic E-state index is 12.3. The summed E-state index contributed by atoms with van der Waals surface area (Å²) in [5.41, 5.74) is 2.97. The molecule has 0 radical (unpaired) electrons. The first-order valence-corrected chi connectivity index (χ1v) is 8.13. The lowest BCUT2D eigenvalue weighted by atomic mass is 10.2. The van der Waals surface area contributed by atoms with Crippen molar-refractivity contribution in [3.8, 4) is 17.0 Å². The minimum Gasteiger partial charge on any atom is -0.495 e. The number of nitrogens with zero attached hydrogens (tertiary/aromatic N) is 1. The monoisotopic (exact) mass is 344 g/mol. The Morgan fingerprint density at radius 3 is 2.74 bits per heavy atom. The third kappa shape index (κ3) is 3.52. The van der Waals surface area contributed by atoms with Crippen LogP contribution < -0.4 is 10.1 Å². The molecule has 0 aliphatic carbocycles. The highest BCUT2D eigenvalue weighted by Gasteiger charge is 2.09. The van der Waals surface area contributed by atoms with Gasteiger partial charge in [0.05, 0.1) is 23.4 Å². The van der Waals surface area contributed by atoms with E-state index >= 15 is 0 Å². The number of nitrogens with one attached hydrogen (secondary N) is 1. The van der Waals surface area contributed by atoms with Crippen LogP contribution in [0.3, 0.4) is 0 Å². The van der Waals surface area contributed by atoms with Crippen molar-refractivity contribution < 1.29 is 9.53 Å². The average molecular weight is 345 g/mol. The standard InChI is InChI=1S/C17H13ClN2O2S/c1-22-16-5-3-13(8-14(16)18)20-17(21)11-2-4-15(19-9-11)12-6-7-23-10-12/h2-10H,1H3,(H,20,21). The first kappa shape index (κ1) is 15.5. The number of anilines is 1. The van der Waals surface area contributed by atoms with E-state index in [4.69, 9.17) is 16.3 Å². The highest BCUT2D eigenvalue weighted by Crippen LogP contribution is 2.27. The van der Waals surface area contributed by atoms with Crippen molar-refractivity contribution >= 4 is 34.5 Å². The zero-order valence-electron chi connectivity index (χ0n) is 12.2. The van der Waals surface area contributed by atoms with Crippen molar-refractivity contribution in [1.82, 2.24) is 4.98 Å². The number of hydrogen-bond donors (Lipinski definition) is 1. The van der Waals surface area contributed by atoms with Gasteiger partial charge in [0.25, 0.3) is 5.91 Å². The van der Waals surface area contributed by atoms with Crippen molar-refractivity contribution in [2.24, 2.45) is 0 Å². The summed E-state index contributed by atoms with van der Waals surface area (Å²) in [6, 6.07) is 10.7. The topological polar surface area (TPSA) is 51.2 Å². The van der Waals surface area contributed by atoms with Gasteiger partial charge in [0.2, 0.25) is 0 Å². The van der Waals surface area contributed by atoms with Crippen LogP contribution >= 0.6 is 22.9 Å². The molecule has 0 aliphatic heterocycles. The third-order valence-electron chi connectivity index (χ3n) is 3.25. The second-order valence-corrected chi connectivity index (χ2v) is 5.93. The number of rotatable bonds is 4. The van der Waals surface area contributed by atoms with Crippen LogP contribution in [0.1, 0.15) is 10.4 Å². The second-order valence-electron chi connectivity index (χ2n) is 4.75. The van der Waals surface area contributed by atoms with Crippen molar-refractivity contribution in [2.75, 3.05) is 12.4 Å². The number of carbonyl (C=O) groups is 1. The van der Waals surface area contributed by atoms with E-state index in [9.17, 15) is 4.79 Å². The Bertz CT molecular complexity index is 817. The van der Waals surface area contributed by atoms with Gasteiger partial charge in [-0.2, -0.15) is 11.3 Å². The summed E-state index contributed by atoms with van der Waals surface area (Å²) < 4.78 is 5.08. The Labute approximate surface area is 142 Å². The quantitative estimate of drug-likeness (QED) is 0.744. The molecule has 3 rings (SSSR count). The van der Waals surface area contributed by atoms with E-state index in [1.54, 1.807) is 48.9 Å². The highest BCUT2D eigenvalue weighted by atomic mass is 35.5. The molecule has 2 heterocycles. The molecular formula is C17H13ClN2O2S. The number of carbonyl (C=O) groups excluding carboxylic acids is 1. The zero-order valence-corrected chi connectivity index (χ0v) is 13.8. The molecule has 0 unspecified atom stereocenters. The van der Waals surface area contributed by atoms with Crippen LogP contribution in [0.4, 0.5) is 5.69 Å². The maximum Gasteiger partial charge on any atom is 0.257 e. The van der Waals surface area contributed by atoms with Gasteiger partial charge in [0.1, 0.15) is 5.75 Å². The predicted octanol–water partition coefficient (Wildman–Crippen LogP) is 4.72. The zero-order chi connectivity index (χ0) is 16.2. The fourth-order valence-electron chi connectivity index (χ4n) is 2.06. The van der Waals surface area contributed by atoms with E-state index in [-0.39, 0.29) is 5.91 Å². The van der Waals surface area contributed by atoms with E-state index in [0.29, 0.717) is 22.0 Å². The molecule has 0 saturated carbocycles. The first-order chi connectivity index (χ1) is 11.2. The minimum atomic E-state index is -0.240. The lowest BCUT2D eigenvalue weighted by Crippen LogP contribution is -2.12. The van der Waals surface area contributed by atoms with Crippen LogP contribution in [0.5, 0.6) is 5.75 Å². The van der Waals surface area contributed by atoms with Gasteiger partial charge < -0.3 is 10.1 Å². The molecule has 2 aromatic heterocycles. The Morgan fingerprint density at radius 1 is 1.26 bits per heavy atom. The molecule has 1 N–H and O–H groups in total. The van der Waals surface area contributed by atoms with Crippen LogP contribution in [-0.4, -0.2) is 18.0 Å². The normalized spacial score (nSPS) is 10.3. The van der Waals surface area contributed by atoms with E-state index in [2.05, 4.69) is 10.3 Å². The number of pyridine rings is 1. The van der Waals surface area contributed by atoms with Gasteiger partial charge in [-0.1, -0.05) is 11.6 Å². The Kier molecular flexibility index (Phi) is 4.60. The molecule has 116 valence electrons. The van der Waals surface area contributed by atoms with Crippen LogP contribution in [0, 0.1) is 0 Å². The molecular weight excluding hydrogens is 332 g/mol. The fourth-order valence-corrected chi connectivity index (χ4v) is 2.96. The molecule has 0 bridgehead atoms. The highest BCUT2D eigenvalue weighted by molar-refractivity contribution is 7.08. The molecule has 0 atom stereocenters. The number of aromatic nitrogens is 1. The van der Waals surface area contributed by atoms with Gasteiger partial charge in [-0.05, 0) is 41.8 Å². The van der Waals surface area contributed by atoms with Crippen molar-refractivity contribution in [3.63, 3.8) is 0 Å². The van der Waals surface area contributed by atoms with Gasteiger partial charge in [0.15, 0.2) is 0 Å². The summed E-state index contributed by atoms with van der Waals surface area (Å²) >= 11 is 7.66. The summed E-state index contributed by atoms with van der Waals surface area (Å²) in [6.45, 7) is 0. The molecule has 1 aromatic carbocycles. The lowest BCUT2D eigenvalue weighted by molar-refractivity contribution is 0.102. The molecule has 0 spiro atoms. The summed E-state index contributed by atoms with van der Waals surface area (Å²) in [6.07, 6.45) is 1.56. The lowest BCUT2D eigenvalue weighted by Gasteiger charge is -2.08. The summed E-state index contributed by atoms with van der Waals surface area (Å²) in [5, 5.41) is 7.24. The number of benzene rings is 1. The Hall–Kier alpha value is -2.37. The smallest absolute Gasteiger partial charge is 0.257 e.